The van der Waals surface area contributed by atoms with Gasteiger partial charge in [0, 0.05) is 16.9 Å². The van der Waals surface area contributed by atoms with Crippen LogP contribution in [0.2, 0.25) is 0 Å². The summed E-state index contributed by atoms with van der Waals surface area (Å²) in [7, 11) is 0. The number of rotatable bonds is 4. The minimum absolute atomic E-state index is 0.0343. The first-order valence-electron chi connectivity index (χ1n) is 16.7. The van der Waals surface area contributed by atoms with Crippen molar-refractivity contribution in [2.75, 3.05) is 13.6 Å². The number of hydrogen-bond donors (Lipinski definition) is 2. The van der Waals surface area contributed by atoms with Gasteiger partial charge in [0.1, 0.15) is 17.5 Å². The molecule has 0 aromatic heterocycles. The second-order valence-corrected chi connectivity index (χ2v) is 15.1. The number of carbonyl (C=O) groups is 5. The number of carbonyl (C=O) groups excluding carboxylic acids is 5. The average Bonchev–Trinajstić information content (AvgIpc) is 3.71. The van der Waals surface area contributed by atoms with Gasteiger partial charge in [-0.05, 0) is 83.7 Å². The maximum absolute atomic E-state index is 14.9. The summed E-state index contributed by atoms with van der Waals surface area (Å²) in [5.74, 6) is -7.50. The number of aromatic hydroxyl groups is 1. The first kappa shape index (κ1) is 32.2. The normalized spacial score (nSPS) is 30.7. The SMILES string of the molecule is CC(=O)C1C(=O)C(C(C)C)[C@@]2(C)C[C@@]3(C)Cc4c(-c5ccc6c(c5)OCO6)cc(-c5ccc6c(c5)OCO6)c(O)c4C(=O)C3C(=O)[C@@]2(O)C1=O. The second kappa shape index (κ2) is 10.5. The molecule has 5 aliphatic rings. The van der Waals surface area contributed by atoms with Crippen LogP contribution < -0.4 is 18.9 Å². The van der Waals surface area contributed by atoms with E-state index in [2.05, 4.69) is 0 Å². The van der Waals surface area contributed by atoms with Crippen LogP contribution in [-0.4, -0.2) is 58.3 Å². The Morgan fingerprint density at radius 3 is 1.94 bits per heavy atom. The molecule has 8 rings (SSSR count). The molecule has 11 heteroatoms. The summed E-state index contributed by atoms with van der Waals surface area (Å²) < 4.78 is 22.3. The number of hydrogen-bond acceptors (Lipinski definition) is 11. The molecule has 0 spiro atoms. The van der Waals surface area contributed by atoms with Crippen LogP contribution in [0.1, 0.15) is 57.0 Å². The van der Waals surface area contributed by atoms with E-state index in [4.69, 9.17) is 18.9 Å². The number of aliphatic hydroxyl groups is 1. The van der Waals surface area contributed by atoms with Crippen molar-refractivity contribution in [1.82, 2.24) is 0 Å². The Morgan fingerprint density at radius 2 is 1.38 bits per heavy atom. The van der Waals surface area contributed by atoms with Crippen LogP contribution in [0.3, 0.4) is 0 Å². The smallest absolute Gasteiger partial charge is 0.231 e. The Labute approximate surface area is 287 Å². The van der Waals surface area contributed by atoms with Gasteiger partial charge in [0.05, 0.1) is 11.5 Å². The molecule has 258 valence electrons. The van der Waals surface area contributed by atoms with E-state index < -0.39 is 69.0 Å². The lowest BCUT2D eigenvalue weighted by Crippen LogP contribution is -2.76. The zero-order chi connectivity index (χ0) is 35.7. The summed E-state index contributed by atoms with van der Waals surface area (Å²) in [5.41, 5.74) is -3.13. The number of phenolic OH excluding ortho intramolecular Hbond substituents is 1. The average molecular weight is 681 g/mol. The van der Waals surface area contributed by atoms with E-state index in [-0.39, 0.29) is 43.3 Å². The molecule has 6 atom stereocenters. The Hall–Kier alpha value is -5.03. The zero-order valence-corrected chi connectivity index (χ0v) is 28.2. The van der Waals surface area contributed by atoms with Gasteiger partial charge >= 0.3 is 0 Å². The molecular weight excluding hydrogens is 644 g/mol. The number of phenols is 1. The largest absolute Gasteiger partial charge is 0.507 e. The fourth-order valence-electron chi connectivity index (χ4n) is 9.81. The molecule has 2 fully saturated rings. The topological polar surface area (TPSA) is 163 Å². The molecule has 0 radical (unpaired) electrons. The minimum Gasteiger partial charge on any atom is -0.507 e. The van der Waals surface area contributed by atoms with Gasteiger partial charge in [0.15, 0.2) is 51.7 Å². The van der Waals surface area contributed by atoms with Crippen molar-refractivity contribution in [3.05, 3.63) is 53.6 Å². The van der Waals surface area contributed by atoms with Gasteiger partial charge < -0.3 is 29.2 Å². The summed E-state index contributed by atoms with van der Waals surface area (Å²) in [6.45, 7) is 8.02. The fraction of sp³-hybridized carbons (Fsp3) is 0.410. The molecule has 0 amide bonds. The van der Waals surface area contributed by atoms with Gasteiger partial charge in [-0.1, -0.05) is 39.8 Å². The van der Waals surface area contributed by atoms with Gasteiger partial charge in [-0.3, -0.25) is 24.0 Å². The standard InChI is InChI=1S/C39H36O11/c1-17(2)30-33(42)28(18(3)40)35(44)39(46)36(45)31-34(43)29-23(13-37(31,4)14-38(30,39)5)21(19-6-8-24-26(10-19)49-15-47-24)12-22(32(29)41)20-7-9-25-27(11-20)50-16-48-25/h6-12,17,28,30-31,41,46H,13-16H2,1-5H3/t28?,30?,31?,37-,38-,39+/m1/s1. The molecule has 3 aliphatic carbocycles. The summed E-state index contributed by atoms with van der Waals surface area (Å²) in [5, 5.41) is 24.4. The maximum Gasteiger partial charge on any atom is 0.231 e. The van der Waals surface area contributed by atoms with Gasteiger partial charge in [0.2, 0.25) is 13.6 Å². The van der Waals surface area contributed by atoms with Crippen molar-refractivity contribution < 1.29 is 53.1 Å². The first-order chi connectivity index (χ1) is 23.6. The molecule has 0 saturated heterocycles. The van der Waals surface area contributed by atoms with Crippen LogP contribution >= 0.6 is 0 Å². The molecular formula is C39H36O11. The third-order valence-corrected chi connectivity index (χ3v) is 11.7. The minimum atomic E-state index is -2.78. The summed E-state index contributed by atoms with van der Waals surface area (Å²) in [6, 6.07) is 12.3. The van der Waals surface area contributed by atoms with Crippen molar-refractivity contribution in [3.8, 4) is 51.0 Å². The second-order valence-electron chi connectivity index (χ2n) is 15.1. The van der Waals surface area contributed by atoms with Crippen LogP contribution in [0, 0.1) is 34.5 Å². The third-order valence-electron chi connectivity index (χ3n) is 11.7. The summed E-state index contributed by atoms with van der Waals surface area (Å²) >= 11 is 0. The maximum atomic E-state index is 14.9. The first-order valence-corrected chi connectivity index (χ1v) is 16.7. The van der Waals surface area contributed by atoms with E-state index in [0.717, 1.165) is 6.92 Å². The van der Waals surface area contributed by atoms with Crippen LogP contribution in [-0.2, 0) is 25.6 Å². The number of ketones is 5. The van der Waals surface area contributed by atoms with Crippen LogP contribution in [0.5, 0.6) is 28.7 Å². The molecule has 2 aliphatic heterocycles. The third kappa shape index (κ3) is 4.03. The van der Waals surface area contributed by atoms with E-state index in [9.17, 15) is 34.2 Å². The molecule has 3 aromatic rings. The zero-order valence-electron chi connectivity index (χ0n) is 28.2. The lowest BCUT2D eigenvalue weighted by molar-refractivity contribution is -0.205. The Kier molecular flexibility index (Phi) is 6.75. The Bertz CT molecular complexity index is 2100. The molecule has 3 aromatic carbocycles. The van der Waals surface area contributed by atoms with Crippen molar-refractivity contribution in [3.63, 3.8) is 0 Å². The van der Waals surface area contributed by atoms with E-state index in [0.29, 0.717) is 45.3 Å². The fourth-order valence-corrected chi connectivity index (χ4v) is 9.81. The van der Waals surface area contributed by atoms with E-state index in [1.807, 2.05) is 6.07 Å². The van der Waals surface area contributed by atoms with Crippen LogP contribution in [0.15, 0.2) is 42.5 Å². The summed E-state index contributed by atoms with van der Waals surface area (Å²) in [6.07, 6.45) is 0.0481. The highest BCUT2D eigenvalue weighted by Gasteiger charge is 2.76. The van der Waals surface area contributed by atoms with Gasteiger partial charge in [-0.15, -0.1) is 0 Å². The van der Waals surface area contributed by atoms with E-state index >= 15 is 0 Å². The Morgan fingerprint density at radius 1 is 0.820 bits per heavy atom. The lowest BCUT2D eigenvalue weighted by Gasteiger charge is -2.62. The Balaban J connectivity index is 1.36. The number of benzene rings is 3. The molecule has 2 N–H and O–H groups in total. The highest BCUT2D eigenvalue weighted by atomic mass is 16.7. The van der Waals surface area contributed by atoms with Crippen molar-refractivity contribution in [1.29, 1.82) is 0 Å². The quantitative estimate of drug-likeness (QED) is 0.361. The number of ether oxygens (including phenoxy) is 4. The van der Waals surface area contributed by atoms with Gasteiger partial charge in [-0.2, -0.15) is 0 Å². The summed E-state index contributed by atoms with van der Waals surface area (Å²) in [4.78, 5) is 70.4. The predicted molar refractivity (Wildman–Crippen MR) is 176 cm³/mol. The number of Topliss-reactive ketones (excluding diaryl/α,β-unsaturated/α-hetero) is 5. The van der Waals surface area contributed by atoms with E-state index in [1.54, 1.807) is 64.1 Å². The van der Waals surface area contributed by atoms with Gasteiger partial charge in [0.25, 0.3) is 0 Å². The van der Waals surface area contributed by atoms with E-state index in [1.165, 1.54) is 0 Å². The van der Waals surface area contributed by atoms with Crippen LogP contribution in [0.25, 0.3) is 22.3 Å². The van der Waals surface area contributed by atoms with Crippen molar-refractivity contribution >= 4 is 28.9 Å². The van der Waals surface area contributed by atoms with Crippen molar-refractivity contribution in [2.24, 2.45) is 34.5 Å². The monoisotopic (exact) mass is 680 g/mol. The number of fused-ring (bicyclic) bond motifs is 5. The highest BCUT2D eigenvalue weighted by Crippen LogP contribution is 2.64. The highest BCUT2D eigenvalue weighted by molar-refractivity contribution is 6.32. The molecule has 3 unspecified atom stereocenters. The van der Waals surface area contributed by atoms with Crippen LogP contribution in [0.4, 0.5) is 0 Å². The molecule has 2 heterocycles. The van der Waals surface area contributed by atoms with Crippen molar-refractivity contribution in [2.45, 2.75) is 53.1 Å². The molecule has 2 saturated carbocycles. The molecule has 11 nitrogen and oxygen atoms in total. The molecule has 50 heavy (non-hydrogen) atoms. The molecule has 0 bridgehead atoms. The lowest BCUT2D eigenvalue weighted by atomic mass is 9.39. The predicted octanol–water partition coefficient (Wildman–Crippen LogP) is 4.88. The van der Waals surface area contributed by atoms with Gasteiger partial charge in [-0.25, -0.2) is 0 Å².